The third-order valence-corrected chi connectivity index (χ3v) is 5.63. The molecule has 7 heteroatoms. The molecule has 4 rings (SSSR count). The van der Waals surface area contributed by atoms with Crippen LogP contribution in [0.1, 0.15) is 58.2 Å². The molecule has 0 radical (unpaired) electrons. The maximum Gasteiger partial charge on any atom is 0.265 e. The van der Waals surface area contributed by atoms with E-state index in [1.54, 1.807) is 6.21 Å². The molecule has 2 N–H and O–H groups in total. The number of rotatable bonds is 3. The monoisotopic (exact) mass is 430 g/mol. The molecule has 0 bridgehead atoms. The molecular weight excluding hydrogens is 400 g/mol. The summed E-state index contributed by atoms with van der Waals surface area (Å²) in [6.45, 7) is 12.5. The lowest BCUT2D eigenvalue weighted by Crippen LogP contribution is -2.18. The minimum atomic E-state index is -0.200. The topological polar surface area (TPSA) is 88.2 Å². The zero-order chi connectivity index (χ0) is 23.3. The summed E-state index contributed by atoms with van der Waals surface area (Å²) in [6, 6.07) is 12.0. The van der Waals surface area contributed by atoms with Crippen molar-refractivity contribution in [1.82, 2.24) is 19.7 Å². The minimum absolute atomic E-state index is 0.200. The van der Waals surface area contributed by atoms with Crippen molar-refractivity contribution in [1.29, 1.82) is 0 Å². The molecule has 0 fully saturated rings. The molecule has 0 unspecified atom stereocenters. The molecule has 0 aliphatic carbocycles. The Bertz CT molecular complexity index is 1300. The van der Waals surface area contributed by atoms with E-state index < -0.39 is 0 Å². The van der Waals surface area contributed by atoms with E-state index in [1.807, 2.05) is 48.0 Å². The van der Waals surface area contributed by atoms with Crippen LogP contribution in [0.2, 0.25) is 0 Å². The van der Waals surface area contributed by atoms with Crippen LogP contribution < -0.4 is 5.43 Å². The zero-order valence-corrected chi connectivity index (χ0v) is 19.7. The quantitative estimate of drug-likeness (QED) is 0.342. The highest BCUT2D eigenvalue weighted by Crippen LogP contribution is 2.39. The van der Waals surface area contributed by atoms with Crippen LogP contribution in [0, 0.1) is 0 Å². The molecule has 2 heterocycles. The van der Waals surface area contributed by atoms with Gasteiger partial charge in [0.1, 0.15) is 11.3 Å². The number of benzene rings is 2. The number of aromatic nitrogens is 4. The molecule has 2 aromatic heterocycles. The Kier molecular flexibility index (Phi) is 5.15. The number of phenols is 1. The zero-order valence-electron chi connectivity index (χ0n) is 19.7. The Morgan fingerprint density at radius 1 is 0.969 bits per heavy atom. The van der Waals surface area contributed by atoms with E-state index in [9.17, 15) is 5.11 Å². The molecule has 0 aliphatic heterocycles. The van der Waals surface area contributed by atoms with Gasteiger partial charge in [-0.2, -0.15) is 10.1 Å². The first-order chi connectivity index (χ1) is 15.0. The number of fused-ring (bicyclic) bond motifs is 3. The Balaban J connectivity index is 1.67. The Morgan fingerprint density at radius 2 is 1.59 bits per heavy atom. The number of hydrogen-bond acceptors (Lipinski definition) is 6. The third kappa shape index (κ3) is 3.90. The summed E-state index contributed by atoms with van der Waals surface area (Å²) in [5.74, 6) is 0.675. The number of hydrazone groups is 1. The van der Waals surface area contributed by atoms with Gasteiger partial charge >= 0.3 is 0 Å². The molecule has 0 saturated carbocycles. The molecule has 0 saturated heterocycles. The summed E-state index contributed by atoms with van der Waals surface area (Å²) < 4.78 is 2.00. The van der Waals surface area contributed by atoms with Gasteiger partial charge in [0.15, 0.2) is 5.65 Å². The molecular formula is C25H30N6O. The molecule has 32 heavy (non-hydrogen) atoms. The van der Waals surface area contributed by atoms with E-state index in [1.165, 1.54) is 0 Å². The first-order valence-electron chi connectivity index (χ1n) is 10.7. The second-order valence-corrected chi connectivity index (χ2v) is 10.2. The largest absolute Gasteiger partial charge is 0.507 e. The summed E-state index contributed by atoms with van der Waals surface area (Å²) in [4.78, 5) is 4.60. The standard InChI is InChI=1S/C25H30N6O/c1-24(2,3)17-12-15(13-18(21(17)32)25(4,5)6)14-26-29-23-27-22-20(28-30-23)16-10-8-9-11-19(16)31(22)7/h8-14,32H,1-7H3,(H,27,29,30). The average Bonchev–Trinajstić information content (AvgIpc) is 2.99. The number of aryl methyl sites for hydroxylation is 1. The summed E-state index contributed by atoms with van der Waals surface area (Å²) in [7, 11) is 1.96. The molecule has 2 aromatic carbocycles. The SMILES string of the molecule is Cn1c2ccccc2c2nnc(NN=Cc3cc(C(C)(C)C)c(O)c(C(C)(C)C)c3)nc21. The van der Waals surface area contributed by atoms with Crippen LogP contribution in [0.25, 0.3) is 22.1 Å². The number of nitrogens with zero attached hydrogens (tertiary/aromatic N) is 5. The predicted molar refractivity (Wildman–Crippen MR) is 131 cm³/mol. The van der Waals surface area contributed by atoms with Gasteiger partial charge < -0.3 is 9.67 Å². The summed E-state index contributed by atoms with van der Waals surface area (Å²) >= 11 is 0. The lowest BCUT2D eigenvalue weighted by atomic mass is 9.78. The van der Waals surface area contributed by atoms with Gasteiger partial charge in [0.05, 0.1) is 11.7 Å². The first kappa shape index (κ1) is 21.7. The van der Waals surface area contributed by atoms with Gasteiger partial charge in [0.2, 0.25) is 0 Å². The molecule has 0 aliphatic rings. The van der Waals surface area contributed by atoms with E-state index in [-0.39, 0.29) is 10.8 Å². The number of para-hydroxylation sites is 1. The van der Waals surface area contributed by atoms with Crippen LogP contribution in [0.15, 0.2) is 41.5 Å². The molecule has 0 amide bonds. The molecule has 166 valence electrons. The van der Waals surface area contributed by atoms with Crippen molar-refractivity contribution in [3.05, 3.63) is 53.1 Å². The number of aromatic hydroxyl groups is 1. The molecule has 4 aromatic rings. The lowest BCUT2D eigenvalue weighted by molar-refractivity contribution is 0.423. The van der Waals surface area contributed by atoms with Crippen molar-refractivity contribution in [2.45, 2.75) is 52.4 Å². The van der Waals surface area contributed by atoms with E-state index in [4.69, 9.17) is 0 Å². The highest BCUT2D eigenvalue weighted by atomic mass is 16.3. The van der Waals surface area contributed by atoms with Gasteiger partial charge in [-0.05, 0) is 34.6 Å². The average molecular weight is 431 g/mol. The van der Waals surface area contributed by atoms with E-state index in [0.717, 1.165) is 38.8 Å². The highest BCUT2D eigenvalue weighted by molar-refractivity contribution is 6.04. The number of anilines is 1. The maximum atomic E-state index is 10.9. The van der Waals surface area contributed by atoms with Crippen molar-refractivity contribution in [2.24, 2.45) is 12.1 Å². The number of phenolic OH excluding ortho intramolecular Hbond substituents is 1. The Labute approximate surface area is 188 Å². The molecule has 0 atom stereocenters. The second-order valence-electron chi connectivity index (χ2n) is 10.2. The fraction of sp³-hybridized carbons (Fsp3) is 0.360. The lowest BCUT2D eigenvalue weighted by Gasteiger charge is -2.27. The van der Waals surface area contributed by atoms with Crippen LogP contribution in [0.3, 0.4) is 0 Å². The van der Waals surface area contributed by atoms with Crippen LogP contribution in [-0.2, 0) is 17.9 Å². The third-order valence-electron chi connectivity index (χ3n) is 5.63. The molecule has 7 nitrogen and oxygen atoms in total. The number of hydrogen-bond donors (Lipinski definition) is 2. The van der Waals surface area contributed by atoms with Crippen LogP contribution in [0.4, 0.5) is 5.95 Å². The van der Waals surface area contributed by atoms with Gasteiger partial charge in [-0.25, -0.2) is 5.43 Å². The van der Waals surface area contributed by atoms with Gasteiger partial charge in [-0.15, -0.1) is 10.2 Å². The smallest absolute Gasteiger partial charge is 0.265 e. The fourth-order valence-corrected chi connectivity index (χ4v) is 3.89. The van der Waals surface area contributed by atoms with Crippen LogP contribution in [-0.4, -0.2) is 31.1 Å². The van der Waals surface area contributed by atoms with Crippen molar-refractivity contribution >= 4 is 34.2 Å². The summed E-state index contributed by atoms with van der Waals surface area (Å²) in [5, 5.41) is 24.8. The van der Waals surface area contributed by atoms with Gasteiger partial charge in [-0.1, -0.05) is 59.7 Å². The van der Waals surface area contributed by atoms with Crippen molar-refractivity contribution in [2.75, 3.05) is 5.43 Å². The first-order valence-corrected chi connectivity index (χ1v) is 10.7. The number of nitrogens with one attached hydrogen (secondary N) is 1. The van der Waals surface area contributed by atoms with E-state index in [2.05, 4.69) is 67.3 Å². The Hall–Kier alpha value is -3.48. The predicted octanol–water partition coefficient (Wildman–Crippen LogP) is 5.26. The van der Waals surface area contributed by atoms with Crippen LogP contribution in [0.5, 0.6) is 5.75 Å². The van der Waals surface area contributed by atoms with Gasteiger partial charge in [-0.3, -0.25) is 0 Å². The van der Waals surface area contributed by atoms with E-state index in [0.29, 0.717) is 11.7 Å². The highest BCUT2D eigenvalue weighted by Gasteiger charge is 2.26. The van der Waals surface area contributed by atoms with Gasteiger partial charge in [0, 0.05) is 23.6 Å². The molecule has 0 spiro atoms. The fourth-order valence-electron chi connectivity index (χ4n) is 3.89. The second kappa shape index (κ2) is 7.58. The van der Waals surface area contributed by atoms with Crippen molar-refractivity contribution in [3.8, 4) is 5.75 Å². The van der Waals surface area contributed by atoms with Crippen LogP contribution >= 0.6 is 0 Å². The van der Waals surface area contributed by atoms with Crippen molar-refractivity contribution in [3.63, 3.8) is 0 Å². The Morgan fingerprint density at radius 3 is 2.22 bits per heavy atom. The van der Waals surface area contributed by atoms with E-state index >= 15 is 0 Å². The summed E-state index contributed by atoms with van der Waals surface area (Å²) in [5.41, 5.74) is 7.73. The van der Waals surface area contributed by atoms with Gasteiger partial charge in [0.25, 0.3) is 5.95 Å². The normalized spacial score (nSPS) is 12.8. The minimum Gasteiger partial charge on any atom is -0.507 e. The van der Waals surface area contributed by atoms with Crippen molar-refractivity contribution < 1.29 is 5.11 Å². The maximum absolute atomic E-state index is 10.9. The summed E-state index contributed by atoms with van der Waals surface area (Å²) in [6.07, 6.45) is 1.72.